The predicted octanol–water partition coefficient (Wildman–Crippen LogP) is 1.75. The Labute approximate surface area is 120 Å². The average Bonchev–Trinajstić information content (AvgIpc) is 2.94. The number of hydrogen-bond donors (Lipinski definition) is 2. The number of fused-ring (bicyclic) bond motifs is 1. The molecule has 0 amide bonds. The van der Waals surface area contributed by atoms with Crippen LogP contribution in [0.4, 0.5) is 0 Å². The Hall–Kier alpha value is -1.26. The molecule has 3 rings (SSSR count). The summed E-state index contributed by atoms with van der Waals surface area (Å²) in [6.45, 7) is 1.03. The molecule has 1 saturated carbocycles. The highest BCUT2D eigenvalue weighted by atomic mass is 16.5. The quantitative estimate of drug-likeness (QED) is 0.880. The van der Waals surface area contributed by atoms with E-state index < -0.39 is 0 Å². The molecule has 110 valence electrons. The van der Waals surface area contributed by atoms with E-state index in [9.17, 15) is 5.11 Å². The van der Waals surface area contributed by atoms with Gasteiger partial charge in [-0.05, 0) is 43.2 Å². The third-order valence-electron chi connectivity index (χ3n) is 4.45. The molecule has 4 heteroatoms. The molecule has 1 aliphatic heterocycles. The number of rotatable bonds is 4. The van der Waals surface area contributed by atoms with Crippen LogP contribution in [0, 0.1) is 5.92 Å². The van der Waals surface area contributed by atoms with Gasteiger partial charge in [0.1, 0.15) is 18.1 Å². The lowest BCUT2D eigenvalue weighted by Crippen LogP contribution is -2.44. The van der Waals surface area contributed by atoms with Gasteiger partial charge in [0.15, 0.2) is 0 Å². The normalized spacial score (nSPS) is 28.8. The lowest BCUT2D eigenvalue weighted by molar-refractivity contribution is 0.213. The van der Waals surface area contributed by atoms with Crippen molar-refractivity contribution >= 4 is 0 Å². The molecule has 1 aromatic rings. The van der Waals surface area contributed by atoms with Crippen LogP contribution in [0.15, 0.2) is 18.2 Å². The predicted molar refractivity (Wildman–Crippen MR) is 77.3 cm³/mol. The van der Waals surface area contributed by atoms with Crippen LogP contribution in [0.1, 0.15) is 24.8 Å². The summed E-state index contributed by atoms with van der Waals surface area (Å²) in [6.07, 6.45) is 4.38. The number of methoxy groups -OCH3 is 1. The first-order chi connectivity index (χ1) is 9.78. The molecule has 0 saturated heterocycles. The number of aliphatic hydroxyl groups is 1. The maximum Gasteiger partial charge on any atom is 0.126 e. The number of benzene rings is 1. The van der Waals surface area contributed by atoms with E-state index in [-0.39, 0.29) is 0 Å². The molecule has 1 fully saturated rings. The van der Waals surface area contributed by atoms with Gasteiger partial charge >= 0.3 is 0 Å². The summed E-state index contributed by atoms with van der Waals surface area (Å²) in [4.78, 5) is 0. The Morgan fingerprint density at radius 2 is 2.25 bits per heavy atom. The van der Waals surface area contributed by atoms with Crippen molar-refractivity contribution in [1.29, 1.82) is 0 Å². The molecular formula is C16H23NO3. The van der Waals surface area contributed by atoms with Gasteiger partial charge in [0.25, 0.3) is 0 Å². The molecule has 2 aliphatic rings. The minimum Gasteiger partial charge on any atom is -0.497 e. The Balaban J connectivity index is 1.59. The summed E-state index contributed by atoms with van der Waals surface area (Å²) in [5, 5.41) is 12.9. The Bertz CT molecular complexity index is 463. The summed E-state index contributed by atoms with van der Waals surface area (Å²) in [5.41, 5.74) is 1.24. The number of ether oxygens (including phenoxy) is 2. The van der Waals surface area contributed by atoms with Crippen molar-refractivity contribution in [3.63, 3.8) is 0 Å². The van der Waals surface area contributed by atoms with Crippen molar-refractivity contribution in [2.75, 3.05) is 20.3 Å². The highest BCUT2D eigenvalue weighted by molar-refractivity contribution is 5.42. The second kappa shape index (κ2) is 6.02. The summed E-state index contributed by atoms with van der Waals surface area (Å²) < 4.78 is 11.1. The first-order valence-electron chi connectivity index (χ1n) is 7.45. The van der Waals surface area contributed by atoms with E-state index in [0.717, 1.165) is 37.2 Å². The Morgan fingerprint density at radius 1 is 1.35 bits per heavy atom. The van der Waals surface area contributed by atoms with Gasteiger partial charge in [-0.15, -0.1) is 0 Å². The number of aliphatic hydroxyl groups excluding tert-OH is 1. The maximum atomic E-state index is 9.20. The van der Waals surface area contributed by atoms with Crippen LogP contribution >= 0.6 is 0 Å². The van der Waals surface area contributed by atoms with Crippen molar-refractivity contribution in [2.24, 2.45) is 5.92 Å². The fraction of sp³-hybridized carbons (Fsp3) is 0.625. The zero-order valence-electron chi connectivity index (χ0n) is 12.0. The van der Waals surface area contributed by atoms with Crippen molar-refractivity contribution in [1.82, 2.24) is 5.32 Å². The van der Waals surface area contributed by atoms with Gasteiger partial charge in [-0.3, -0.25) is 0 Å². The smallest absolute Gasteiger partial charge is 0.126 e. The molecule has 0 spiro atoms. The standard InChI is InChI=1S/C16H23NO3/c1-19-15-5-3-12-7-14(10-20-16(12)8-15)17-13-4-2-11(6-13)9-18/h3,5,8,11,13-14,17-18H,2,4,6-7,9-10H2,1H3/t11-,13+,14+/m1/s1. The highest BCUT2D eigenvalue weighted by Crippen LogP contribution is 2.30. The number of nitrogens with one attached hydrogen (secondary N) is 1. The molecule has 0 radical (unpaired) electrons. The summed E-state index contributed by atoms with van der Waals surface area (Å²) in [6, 6.07) is 6.94. The Morgan fingerprint density at radius 3 is 3.00 bits per heavy atom. The summed E-state index contributed by atoms with van der Waals surface area (Å²) in [5.74, 6) is 2.27. The molecule has 1 aliphatic carbocycles. The van der Waals surface area contributed by atoms with Gasteiger partial charge in [-0.2, -0.15) is 0 Å². The van der Waals surface area contributed by atoms with E-state index in [2.05, 4.69) is 11.4 Å². The van der Waals surface area contributed by atoms with Crippen LogP contribution in [0.3, 0.4) is 0 Å². The van der Waals surface area contributed by atoms with Gasteiger partial charge in [0.05, 0.1) is 7.11 Å². The van der Waals surface area contributed by atoms with Gasteiger partial charge in [0.2, 0.25) is 0 Å². The van der Waals surface area contributed by atoms with Crippen LogP contribution in [-0.2, 0) is 6.42 Å². The molecule has 3 atom stereocenters. The van der Waals surface area contributed by atoms with Crippen molar-refractivity contribution < 1.29 is 14.6 Å². The monoisotopic (exact) mass is 277 g/mol. The highest BCUT2D eigenvalue weighted by Gasteiger charge is 2.28. The minimum atomic E-state index is 0.321. The van der Waals surface area contributed by atoms with Crippen LogP contribution in [0.2, 0.25) is 0 Å². The van der Waals surface area contributed by atoms with E-state index in [4.69, 9.17) is 9.47 Å². The van der Waals surface area contributed by atoms with Crippen LogP contribution in [-0.4, -0.2) is 37.5 Å². The molecule has 4 nitrogen and oxygen atoms in total. The van der Waals surface area contributed by atoms with Crippen molar-refractivity contribution in [3.8, 4) is 11.5 Å². The first-order valence-corrected chi connectivity index (χ1v) is 7.45. The fourth-order valence-corrected chi connectivity index (χ4v) is 3.31. The lowest BCUT2D eigenvalue weighted by atomic mass is 10.0. The van der Waals surface area contributed by atoms with Crippen molar-refractivity contribution in [2.45, 2.75) is 37.8 Å². The molecule has 0 bridgehead atoms. The van der Waals surface area contributed by atoms with E-state index >= 15 is 0 Å². The summed E-state index contributed by atoms with van der Waals surface area (Å²) in [7, 11) is 1.67. The lowest BCUT2D eigenvalue weighted by Gasteiger charge is -2.29. The van der Waals surface area contributed by atoms with Crippen LogP contribution in [0.5, 0.6) is 11.5 Å². The molecule has 2 N–H and O–H groups in total. The van der Waals surface area contributed by atoms with Gasteiger partial charge in [-0.25, -0.2) is 0 Å². The second-order valence-corrected chi connectivity index (χ2v) is 5.91. The molecule has 0 aromatic heterocycles. The molecule has 20 heavy (non-hydrogen) atoms. The molecule has 1 heterocycles. The van der Waals surface area contributed by atoms with Crippen LogP contribution < -0.4 is 14.8 Å². The Kier molecular flexibility index (Phi) is 4.13. The van der Waals surface area contributed by atoms with E-state index in [1.165, 1.54) is 5.56 Å². The topological polar surface area (TPSA) is 50.7 Å². The third-order valence-corrected chi connectivity index (χ3v) is 4.45. The molecule has 1 aromatic carbocycles. The molecular weight excluding hydrogens is 254 g/mol. The average molecular weight is 277 g/mol. The minimum absolute atomic E-state index is 0.321. The van der Waals surface area contributed by atoms with Gasteiger partial charge in [-0.1, -0.05) is 6.07 Å². The van der Waals surface area contributed by atoms with Gasteiger partial charge in [0, 0.05) is 24.8 Å². The van der Waals surface area contributed by atoms with Crippen LogP contribution in [0.25, 0.3) is 0 Å². The molecule has 0 unspecified atom stereocenters. The van der Waals surface area contributed by atoms with E-state index in [1.807, 2.05) is 12.1 Å². The zero-order chi connectivity index (χ0) is 13.9. The maximum absolute atomic E-state index is 9.20. The van der Waals surface area contributed by atoms with Crippen molar-refractivity contribution in [3.05, 3.63) is 23.8 Å². The fourth-order valence-electron chi connectivity index (χ4n) is 3.31. The SMILES string of the molecule is COc1ccc2c(c1)OC[C@@H](N[C@H]1CC[C@@H](CO)C1)C2. The summed E-state index contributed by atoms with van der Waals surface area (Å²) >= 11 is 0. The third kappa shape index (κ3) is 2.91. The largest absolute Gasteiger partial charge is 0.497 e. The van der Waals surface area contributed by atoms with E-state index in [0.29, 0.717) is 31.2 Å². The van der Waals surface area contributed by atoms with Gasteiger partial charge < -0.3 is 19.9 Å². The first kappa shape index (κ1) is 13.7. The zero-order valence-corrected chi connectivity index (χ0v) is 12.0. The number of hydrogen-bond acceptors (Lipinski definition) is 4. The van der Waals surface area contributed by atoms with E-state index in [1.54, 1.807) is 7.11 Å². The second-order valence-electron chi connectivity index (χ2n) is 5.91.